The summed E-state index contributed by atoms with van der Waals surface area (Å²) in [7, 11) is 0. The third kappa shape index (κ3) is 4.20. The third-order valence-corrected chi connectivity index (χ3v) is 3.02. The number of carbonyl (C=O) groups is 1. The molecule has 1 aliphatic heterocycles. The molecule has 1 fully saturated rings. The SMILES string of the molecule is CCNC(=O)C1CCN(CCC(C)C)C1. The van der Waals surface area contributed by atoms with Crippen LogP contribution < -0.4 is 5.32 Å². The summed E-state index contributed by atoms with van der Waals surface area (Å²) in [6.07, 6.45) is 2.27. The van der Waals surface area contributed by atoms with Crippen molar-refractivity contribution in [3.05, 3.63) is 0 Å². The van der Waals surface area contributed by atoms with Crippen molar-refractivity contribution in [3.8, 4) is 0 Å². The molecule has 3 nitrogen and oxygen atoms in total. The number of nitrogens with one attached hydrogen (secondary N) is 1. The number of rotatable bonds is 5. The van der Waals surface area contributed by atoms with Crippen LogP contribution in [0.2, 0.25) is 0 Å². The molecular formula is C12H24N2O. The molecule has 0 spiro atoms. The quantitative estimate of drug-likeness (QED) is 0.749. The van der Waals surface area contributed by atoms with Gasteiger partial charge in [-0.3, -0.25) is 4.79 Å². The van der Waals surface area contributed by atoms with Crippen LogP contribution in [0.4, 0.5) is 0 Å². The molecule has 0 aromatic heterocycles. The van der Waals surface area contributed by atoms with Gasteiger partial charge in [0, 0.05) is 13.1 Å². The van der Waals surface area contributed by atoms with Crippen LogP contribution in [-0.2, 0) is 4.79 Å². The number of nitrogens with zero attached hydrogens (tertiary/aromatic N) is 1. The Morgan fingerprint density at radius 1 is 1.53 bits per heavy atom. The van der Waals surface area contributed by atoms with Crippen molar-refractivity contribution < 1.29 is 4.79 Å². The lowest BCUT2D eigenvalue weighted by atomic mass is 10.1. The van der Waals surface area contributed by atoms with Crippen LogP contribution in [0.25, 0.3) is 0 Å². The Kier molecular flexibility index (Phi) is 5.09. The van der Waals surface area contributed by atoms with E-state index in [2.05, 4.69) is 24.1 Å². The van der Waals surface area contributed by atoms with Gasteiger partial charge in [0.15, 0.2) is 0 Å². The fourth-order valence-corrected chi connectivity index (χ4v) is 2.01. The second-order valence-electron chi connectivity index (χ2n) is 4.86. The molecule has 1 amide bonds. The topological polar surface area (TPSA) is 32.3 Å². The summed E-state index contributed by atoms with van der Waals surface area (Å²) in [5.41, 5.74) is 0. The van der Waals surface area contributed by atoms with E-state index in [1.54, 1.807) is 0 Å². The second-order valence-corrected chi connectivity index (χ2v) is 4.86. The van der Waals surface area contributed by atoms with Crippen molar-refractivity contribution in [2.24, 2.45) is 11.8 Å². The van der Waals surface area contributed by atoms with E-state index < -0.39 is 0 Å². The molecular weight excluding hydrogens is 188 g/mol. The molecule has 0 radical (unpaired) electrons. The van der Waals surface area contributed by atoms with Crippen LogP contribution in [0.3, 0.4) is 0 Å². The minimum atomic E-state index is 0.233. The van der Waals surface area contributed by atoms with Crippen molar-refractivity contribution in [1.29, 1.82) is 0 Å². The zero-order chi connectivity index (χ0) is 11.3. The lowest BCUT2D eigenvalue weighted by Gasteiger charge is -2.16. The van der Waals surface area contributed by atoms with Gasteiger partial charge in [-0.05, 0) is 38.8 Å². The smallest absolute Gasteiger partial charge is 0.224 e. The first-order valence-electron chi connectivity index (χ1n) is 6.13. The van der Waals surface area contributed by atoms with Crippen molar-refractivity contribution in [3.63, 3.8) is 0 Å². The maximum absolute atomic E-state index is 11.6. The van der Waals surface area contributed by atoms with E-state index in [0.717, 1.165) is 38.5 Å². The van der Waals surface area contributed by atoms with Crippen LogP contribution >= 0.6 is 0 Å². The van der Waals surface area contributed by atoms with Crippen LogP contribution in [0, 0.1) is 11.8 Å². The molecule has 0 bridgehead atoms. The Labute approximate surface area is 93.2 Å². The maximum Gasteiger partial charge on any atom is 0.224 e. The summed E-state index contributed by atoms with van der Waals surface area (Å²) >= 11 is 0. The molecule has 15 heavy (non-hydrogen) atoms. The Balaban J connectivity index is 2.23. The van der Waals surface area contributed by atoms with Crippen LogP contribution in [-0.4, -0.2) is 37.0 Å². The Bertz CT molecular complexity index is 204. The van der Waals surface area contributed by atoms with E-state index in [0.29, 0.717) is 0 Å². The molecule has 1 saturated heterocycles. The van der Waals surface area contributed by atoms with Crippen molar-refractivity contribution in [1.82, 2.24) is 10.2 Å². The van der Waals surface area contributed by atoms with E-state index >= 15 is 0 Å². The Hall–Kier alpha value is -0.570. The third-order valence-electron chi connectivity index (χ3n) is 3.02. The average Bonchev–Trinajstić information content (AvgIpc) is 2.63. The molecule has 1 aliphatic rings. The summed E-state index contributed by atoms with van der Waals surface area (Å²) in [6, 6.07) is 0. The van der Waals surface area contributed by atoms with E-state index in [1.165, 1.54) is 6.42 Å². The molecule has 1 unspecified atom stereocenters. The lowest BCUT2D eigenvalue weighted by Crippen LogP contribution is -2.32. The van der Waals surface area contributed by atoms with Gasteiger partial charge in [-0.2, -0.15) is 0 Å². The summed E-state index contributed by atoms with van der Waals surface area (Å²) < 4.78 is 0. The molecule has 1 rings (SSSR count). The molecule has 0 aromatic carbocycles. The minimum absolute atomic E-state index is 0.233. The molecule has 88 valence electrons. The van der Waals surface area contributed by atoms with Gasteiger partial charge in [0.25, 0.3) is 0 Å². The van der Waals surface area contributed by atoms with Gasteiger partial charge < -0.3 is 10.2 Å². The highest BCUT2D eigenvalue weighted by Crippen LogP contribution is 2.17. The zero-order valence-corrected chi connectivity index (χ0v) is 10.3. The van der Waals surface area contributed by atoms with Crippen LogP contribution in [0.15, 0.2) is 0 Å². The summed E-state index contributed by atoms with van der Waals surface area (Å²) in [5, 5.41) is 2.91. The molecule has 0 saturated carbocycles. The van der Waals surface area contributed by atoms with Gasteiger partial charge in [0.1, 0.15) is 0 Å². The number of hydrogen-bond donors (Lipinski definition) is 1. The first-order chi connectivity index (χ1) is 7.13. The van der Waals surface area contributed by atoms with E-state index in [9.17, 15) is 4.79 Å². The molecule has 0 aromatic rings. The van der Waals surface area contributed by atoms with Crippen LogP contribution in [0.1, 0.15) is 33.6 Å². The van der Waals surface area contributed by atoms with Crippen LogP contribution in [0.5, 0.6) is 0 Å². The highest BCUT2D eigenvalue weighted by atomic mass is 16.1. The predicted molar refractivity (Wildman–Crippen MR) is 62.7 cm³/mol. The number of hydrogen-bond acceptors (Lipinski definition) is 2. The fourth-order valence-electron chi connectivity index (χ4n) is 2.01. The number of likely N-dealkylation sites (tertiary alicyclic amines) is 1. The molecule has 0 aliphatic carbocycles. The number of amides is 1. The summed E-state index contributed by atoms with van der Waals surface area (Å²) in [4.78, 5) is 14.0. The normalized spacial score (nSPS) is 22.3. The minimum Gasteiger partial charge on any atom is -0.356 e. The van der Waals surface area contributed by atoms with E-state index in [-0.39, 0.29) is 11.8 Å². The van der Waals surface area contributed by atoms with E-state index in [1.807, 2.05) is 6.92 Å². The highest BCUT2D eigenvalue weighted by Gasteiger charge is 2.27. The molecule has 1 heterocycles. The first-order valence-corrected chi connectivity index (χ1v) is 6.13. The monoisotopic (exact) mass is 212 g/mol. The van der Waals surface area contributed by atoms with Gasteiger partial charge in [0.05, 0.1) is 5.92 Å². The van der Waals surface area contributed by atoms with Gasteiger partial charge in [-0.25, -0.2) is 0 Å². The fraction of sp³-hybridized carbons (Fsp3) is 0.917. The summed E-state index contributed by atoms with van der Waals surface area (Å²) in [6.45, 7) is 10.4. The highest BCUT2D eigenvalue weighted by molar-refractivity contribution is 5.79. The maximum atomic E-state index is 11.6. The Morgan fingerprint density at radius 2 is 2.27 bits per heavy atom. The average molecular weight is 212 g/mol. The molecule has 3 heteroatoms. The van der Waals surface area contributed by atoms with E-state index in [4.69, 9.17) is 0 Å². The second kappa shape index (κ2) is 6.11. The first kappa shape index (κ1) is 12.5. The number of carbonyl (C=O) groups excluding carboxylic acids is 1. The van der Waals surface area contributed by atoms with Crippen molar-refractivity contribution >= 4 is 5.91 Å². The summed E-state index contributed by atoms with van der Waals surface area (Å²) in [5.74, 6) is 1.23. The van der Waals surface area contributed by atoms with Gasteiger partial charge in [-0.15, -0.1) is 0 Å². The molecule has 1 N–H and O–H groups in total. The van der Waals surface area contributed by atoms with Gasteiger partial charge in [0.2, 0.25) is 5.91 Å². The largest absolute Gasteiger partial charge is 0.356 e. The van der Waals surface area contributed by atoms with Crippen molar-refractivity contribution in [2.45, 2.75) is 33.6 Å². The Morgan fingerprint density at radius 3 is 2.87 bits per heavy atom. The van der Waals surface area contributed by atoms with Gasteiger partial charge >= 0.3 is 0 Å². The predicted octanol–water partition coefficient (Wildman–Crippen LogP) is 1.49. The standard InChI is InChI=1S/C12H24N2O/c1-4-13-12(15)11-6-8-14(9-11)7-5-10(2)3/h10-11H,4-9H2,1-3H3,(H,13,15). The molecule has 1 atom stereocenters. The zero-order valence-electron chi connectivity index (χ0n) is 10.3. The lowest BCUT2D eigenvalue weighted by molar-refractivity contribution is -0.124. The van der Waals surface area contributed by atoms with Gasteiger partial charge in [-0.1, -0.05) is 13.8 Å². The van der Waals surface area contributed by atoms with Crippen molar-refractivity contribution in [2.75, 3.05) is 26.2 Å².